The molecule has 0 saturated carbocycles. The van der Waals surface area contributed by atoms with Gasteiger partial charge in [0, 0.05) is 37.8 Å². The van der Waals surface area contributed by atoms with Crippen LogP contribution in [0.3, 0.4) is 0 Å². The fraction of sp³-hybridized carbons (Fsp3) is 0.647. The van der Waals surface area contributed by atoms with Crippen molar-refractivity contribution in [1.29, 1.82) is 0 Å². The molecule has 0 spiro atoms. The zero-order valence-electron chi connectivity index (χ0n) is 12.6. The molecule has 0 radical (unpaired) electrons. The van der Waals surface area contributed by atoms with E-state index in [0.29, 0.717) is 12.0 Å². The van der Waals surface area contributed by atoms with Crippen molar-refractivity contribution in [2.75, 3.05) is 32.8 Å². The summed E-state index contributed by atoms with van der Waals surface area (Å²) in [5, 5.41) is 3.69. The summed E-state index contributed by atoms with van der Waals surface area (Å²) in [7, 11) is 0. The van der Waals surface area contributed by atoms with Crippen LogP contribution < -0.4 is 5.32 Å². The number of benzene rings is 1. The van der Waals surface area contributed by atoms with Gasteiger partial charge in [-0.2, -0.15) is 0 Å². The van der Waals surface area contributed by atoms with Crippen molar-refractivity contribution in [3.8, 4) is 0 Å². The number of ether oxygens (including phenoxy) is 1. The highest BCUT2D eigenvalue weighted by Crippen LogP contribution is 2.29. The molecule has 1 aromatic rings. The van der Waals surface area contributed by atoms with Gasteiger partial charge in [-0.25, -0.2) is 0 Å². The zero-order chi connectivity index (χ0) is 14.0. The number of piperazine rings is 1. The molecule has 2 atom stereocenters. The highest BCUT2D eigenvalue weighted by molar-refractivity contribution is 5.20. The Bertz CT molecular complexity index is 426. The van der Waals surface area contributed by atoms with E-state index < -0.39 is 0 Å². The Kier molecular flexibility index (Phi) is 4.11. The lowest BCUT2D eigenvalue weighted by molar-refractivity contribution is 0.0744. The van der Waals surface area contributed by atoms with Crippen molar-refractivity contribution in [2.45, 2.75) is 31.8 Å². The molecule has 0 bridgehead atoms. The Morgan fingerprint density at radius 2 is 2.10 bits per heavy atom. The van der Waals surface area contributed by atoms with Crippen LogP contribution in [0.2, 0.25) is 0 Å². The maximum Gasteiger partial charge on any atom is 0.0507 e. The Labute approximate surface area is 122 Å². The van der Waals surface area contributed by atoms with Gasteiger partial charge in [-0.05, 0) is 31.7 Å². The molecule has 2 unspecified atom stereocenters. The Morgan fingerprint density at radius 3 is 2.80 bits per heavy atom. The van der Waals surface area contributed by atoms with Gasteiger partial charge in [0.05, 0.1) is 6.61 Å². The van der Waals surface area contributed by atoms with Gasteiger partial charge in [0.1, 0.15) is 0 Å². The van der Waals surface area contributed by atoms with Crippen LogP contribution in [0.15, 0.2) is 30.3 Å². The van der Waals surface area contributed by atoms with Gasteiger partial charge in [0.2, 0.25) is 0 Å². The van der Waals surface area contributed by atoms with Gasteiger partial charge in [-0.3, -0.25) is 4.90 Å². The minimum atomic E-state index is 0.199. The first-order valence-electron chi connectivity index (χ1n) is 7.76. The molecule has 3 heteroatoms. The predicted octanol–water partition coefficient (Wildman–Crippen LogP) is 2.45. The maximum absolute atomic E-state index is 5.55. The Balaban J connectivity index is 1.75. The molecule has 2 saturated heterocycles. The molecule has 2 aliphatic heterocycles. The number of hydrogen-bond acceptors (Lipinski definition) is 3. The molecular formula is C17H26N2O. The number of nitrogens with one attached hydrogen (secondary N) is 1. The molecule has 0 aliphatic carbocycles. The summed E-state index contributed by atoms with van der Waals surface area (Å²) in [5.41, 5.74) is 1.62. The lowest BCUT2D eigenvalue weighted by atomic mass is 9.93. The monoisotopic (exact) mass is 274 g/mol. The van der Waals surface area contributed by atoms with E-state index in [2.05, 4.69) is 54.4 Å². The van der Waals surface area contributed by atoms with Crippen molar-refractivity contribution in [2.24, 2.45) is 5.92 Å². The Morgan fingerprint density at radius 1 is 1.30 bits per heavy atom. The Hall–Kier alpha value is -0.900. The van der Waals surface area contributed by atoms with Crippen LogP contribution >= 0.6 is 0 Å². The van der Waals surface area contributed by atoms with Crippen LogP contribution in [0.1, 0.15) is 31.9 Å². The predicted molar refractivity (Wildman–Crippen MR) is 81.8 cm³/mol. The first-order chi connectivity index (χ1) is 9.64. The quantitative estimate of drug-likeness (QED) is 0.916. The van der Waals surface area contributed by atoms with Crippen molar-refractivity contribution in [3.63, 3.8) is 0 Å². The fourth-order valence-corrected chi connectivity index (χ4v) is 3.43. The molecular weight excluding hydrogens is 248 g/mol. The molecule has 1 aromatic carbocycles. The van der Waals surface area contributed by atoms with Gasteiger partial charge < -0.3 is 10.1 Å². The van der Waals surface area contributed by atoms with Gasteiger partial charge in [-0.1, -0.05) is 30.3 Å². The SMILES string of the molecule is CC1(C)CN(CC2CCOC2)C(c2ccccc2)CN1. The molecule has 20 heavy (non-hydrogen) atoms. The summed E-state index contributed by atoms with van der Waals surface area (Å²) in [6.45, 7) is 9.76. The van der Waals surface area contributed by atoms with E-state index in [1.54, 1.807) is 0 Å². The number of nitrogens with zero attached hydrogens (tertiary/aromatic N) is 1. The van der Waals surface area contributed by atoms with Crippen LogP contribution in [0.25, 0.3) is 0 Å². The minimum Gasteiger partial charge on any atom is -0.381 e. The smallest absolute Gasteiger partial charge is 0.0507 e. The summed E-state index contributed by atoms with van der Waals surface area (Å²) >= 11 is 0. The first kappa shape index (κ1) is 14.1. The highest BCUT2D eigenvalue weighted by atomic mass is 16.5. The summed E-state index contributed by atoms with van der Waals surface area (Å²) < 4.78 is 5.55. The zero-order valence-corrected chi connectivity index (χ0v) is 12.6. The highest BCUT2D eigenvalue weighted by Gasteiger charge is 2.34. The summed E-state index contributed by atoms with van der Waals surface area (Å²) in [6, 6.07) is 11.4. The largest absolute Gasteiger partial charge is 0.381 e. The lowest BCUT2D eigenvalue weighted by Crippen LogP contribution is -2.58. The van der Waals surface area contributed by atoms with Crippen molar-refractivity contribution in [3.05, 3.63) is 35.9 Å². The van der Waals surface area contributed by atoms with Crippen LogP contribution in [-0.4, -0.2) is 43.3 Å². The van der Waals surface area contributed by atoms with Crippen LogP contribution in [0, 0.1) is 5.92 Å². The second-order valence-corrected chi connectivity index (χ2v) is 6.85. The average molecular weight is 274 g/mol. The topological polar surface area (TPSA) is 24.5 Å². The van der Waals surface area contributed by atoms with Gasteiger partial charge in [-0.15, -0.1) is 0 Å². The van der Waals surface area contributed by atoms with E-state index in [9.17, 15) is 0 Å². The van der Waals surface area contributed by atoms with Gasteiger partial charge in [0.25, 0.3) is 0 Å². The molecule has 2 fully saturated rings. The normalized spacial score (nSPS) is 30.5. The second kappa shape index (κ2) is 5.84. The molecule has 2 aliphatic rings. The lowest BCUT2D eigenvalue weighted by Gasteiger charge is -2.45. The van der Waals surface area contributed by atoms with E-state index in [4.69, 9.17) is 4.74 Å². The molecule has 3 rings (SSSR count). The van der Waals surface area contributed by atoms with Crippen LogP contribution in [-0.2, 0) is 4.74 Å². The molecule has 110 valence electrons. The van der Waals surface area contributed by atoms with Crippen molar-refractivity contribution in [1.82, 2.24) is 10.2 Å². The molecule has 3 nitrogen and oxygen atoms in total. The second-order valence-electron chi connectivity index (χ2n) is 6.85. The number of rotatable bonds is 3. The third-order valence-electron chi connectivity index (χ3n) is 4.51. The summed E-state index contributed by atoms with van der Waals surface area (Å²) in [5.74, 6) is 0.704. The van der Waals surface area contributed by atoms with Gasteiger partial charge in [0.15, 0.2) is 0 Å². The first-order valence-corrected chi connectivity index (χ1v) is 7.76. The average Bonchev–Trinajstić information content (AvgIpc) is 2.92. The fourth-order valence-electron chi connectivity index (χ4n) is 3.43. The summed E-state index contributed by atoms with van der Waals surface area (Å²) in [4.78, 5) is 2.66. The van der Waals surface area contributed by atoms with E-state index in [1.165, 1.54) is 12.0 Å². The van der Waals surface area contributed by atoms with Crippen molar-refractivity contribution >= 4 is 0 Å². The van der Waals surface area contributed by atoms with E-state index in [1.807, 2.05) is 0 Å². The standard InChI is InChI=1S/C17H26N2O/c1-17(2)13-19(11-14-8-9-20-12-14)16(10-18-17)15-6-4-3-5-7-15/h3-7,14,16,18H,8-13H2,1-2H3. The minimum absolute atomic E-state index is 0.199. The van der Waals surface area contributed by atoms with E-state index in [-0.39, 0.29) is 5.54 Å². The molecule has 2 heterocycles. The third-order valence-corrected chi connectivity index (χ3v) is 4.51. The maximum atomic E-state index is 5.55. The van der Waals surface area contributed by atoms with E-state index >= 15 is 0 Å². The van der Waals surface area contributed by atoms with Crippen LogP contribution in [0.4, 0.5) is 0 Å². The number of hydrogen-bond donors (Lipinski definition) is 1. The van der Waals surface area contributed by atoms with Crippen LogP contribution in [0.5, 0.6) is 0 Å². The molecule has 0 amide bonds. The van der Waals surface area contributed by atoms with Gasteiger partial charge >= 0.3 is 0 Å². The van der Waals surface area contributed by atoms with Crippen molar-refractivity contribution < 1.29 is 4.74 Å². The molecule has 1 N–H and O–H groups in total. The van der Waals surface area contributed by atoms with E-state index in [0.717, 1.165) is 32.8 Å². The summed E-state index contributed by atoms with van der Waals surface area (Å²) in [6.07, 6.45) is 1.21. The third kappa shape index (κ3) is 3.22. The molecule has 0 aromatic heterocycles.